The molecule has 2 heterocycles. The van der Waals surface area contributed by atoms with Crippen LogP contribution in [0.15, 0.2) is 12.5 Å². The first kappa shape index (κ1) is 14.9. The van der Waals surface area contributed by atoms with Crippen LogP contribution < -0.4 is 0 Å². The van der Waals surface area contributed by atoms with Gasteiger partial charge >= 0.3 is 11.1 Å². The van der Waals surface area contributed by atoms with Crippen molar-refractivity contribution in [2.24, 2.45) is 18.9 Å². The molecule has 2 N–H and O–H groups in total. The summed E-state index contributed by atoms with van der Waals surface area (Å²) in [5, 5.41) is 12.5. The predicted octanol–water partition coefficient (Wildman–Crippen LogP) is 0.706. The molecular weight excluding hydrogens is 254 g/mol. The van der Waals surface area contributed by atoms with Crippen molar-refractivity contribution in [1.82, 2.24) is 9.55 Å². The molecule has 2 rings (SSSR count). The summed E-state index contributed by atoms with van der Waals surface area (Å²) in [6.45, 7) is 2.59. The predicted molar refractivity (Wildman–Crippen MR) is 62.3 cm³/mol. The average Bonchev–Trinajstić information content (AvgIpc) is 2.86. The zero-order valence-corrected chi connectivity index (χ0v) is 10.9. The van der Waals surface area contributed by atoms with Crippen LogP contribution in [0.5, 0.6) is 0 Å². The van der Waals surface area contributed by atoms with Crippen LogP contribution in [0.4, 0.5) is 0 Å². The average molecular weight is 272 g/mol. The normalized spacial score (nSPS) is 21.5. The van der Waals surface area contributed by atoms with Gasteiger partial charge < -0.3 is 9.30 Å². The van der Waals surface area contributed by atoms with Gasteiger partial charge in [0.15, 0.2) is 0 Å². The van der Waals surface area contributed by atoms with Crippen LogP contribution in [0.3, 0.4) is 0 Å². The van der Waals surface area contributed by atoms with Gasteiger partial charge in [0.2, 0.25) is 0 Å². The summed E-state index contributed by atoms with van der Waals surface area (Å²) in [6, 6.07) is 0. The Balaban J connectivity index is 0.000000399. The highest BCUT2D eigenvalue weighted by Gasteiger charge is 2.35. The Morgan fingerprint density at radius 2 is 2.21 bits per heavy atom. The largest absolute Gasteiger partial charge is 0.472 e. The first-order chi connectivity index (χ1) is 8.95. The molecule has 106 valence electrons. The number of nitrogens with zero attached hydrogens (tertiary/aromatic N) is 3. The molecule has 1 aromatic heterocycles. The van der Waals surface area contributed by atoms with Gasteiger partial charge in [0.05, 0.1) is 18.9 Å². The lowest BCUT2D eigenvalue weighted by molar-refractivity contribution is -0.969. The molecule has 1 fully saturated rings. The van der Waals surface area contributed by atoms with Crippen LogP contribution >= 0.6 is 0 Å². The van der Waals surface area contributed by atoms with Gasteiger partial charge in [0.25, 0.3) is 0 Å². The van der Waals surface area contributed by atoms with Gasteiger partial charge in [-0.05, 0) is 12.8 Å². The number of hydrogen-bond donors (Lipinski definition) is 2. The van der Waals surface area contributed by atoms with Gasteiger partial charge in [-0.25, -0.2) is 15.4 Å². The van der Waals surface area contributed by atoms with E-state index in [2.05, 4.69) is 4.98 Å². The Hall–Kier alpha value is -2.12. The smallest absolute Gasteiger partial charge is 0.465 e. The zero-order chi connectivity index (χ0) is 14.4. The first-order valence-corrected chi connectivity index (χ1v) is 5.92. The van der Waals surface area contributed by atoms with E-state index < -0.39 is 5.09 Å². The van der Waals surface area contributed by atoms with Gasteiger partial charge in [-0.2, -0.15) is 0 Å². The van der Waals surface area contributed by atoms with Crippen molar-refractivity contribution in [2.45, 2.75) is 19.8 Å². The van der Waals surface area contributed by atoms with Crippen molar-refractivity contribution in [3.8, 4) is 0 Å². The minimum Gasteiger partial charge on any atom is -0.465 e. The topological polar surface area (TPSA) is 105 Å². The summed E-state index contributed by atoms with van der Waals surface area (Å²) in [4.78, 5) is 23.9. The fraction of sp³-hybridized carbons (Fsp3) is 0.636. The number of imidazole rings is 1. The van der Waals surface area contributed by atoms with Crippen molar-refractivity contribution in [3.63, 3.8) is 0 Å². The number of carbonyl (C=O) groups is 1. The van der Waals surface area contributed by atoms with E-state index in [1.165, 1.54) is 0 Å². The van der Waals surface area contributed by atoms with E-state index >= 15 is 0 Å². The van der Waals surface area contributed by atoms with Gasteiger partial charge in [0.1, 0.15) is 4.91 Å². The second kappa shape index (κ2) is 6.72. The molecule has 0 amide bonds. The number of cyclic esters (lactones) is 1. The second-order valence-electron chi connectivity index (χ2n) is 4.36. The van der Waals surface area contributed by atoms with E-state index in [-0.39, 0.29) is 11.9 Å². The molecule has 8 nitrogen and oxygen atoms in total. The van der Waals surface area contributed by atoms with E-state index in [1.807, 2.05) is 24.7 Å². The number of hydrogen-bond acceptors (Lipinski definition) is 4. The van der Waals surface area contributed by atoms with Gasteiger partial charge in [-0.1, -0.05) is 6.92 Å². The Bertz CT molecular complexity index is 441. The summed E-state index contributed by atoms with van der Waals surface area (Å²) < 4.78 is 7.08. The molecule has 1 aliphatic rings. The highest BCUT2D eigenvalue weighted by atomic mass is 16.9. The van der Waals surface area contributed by atoms with E-state index in [0.29, 0.717) is 12.5 Å². The number of rotatable bonds is 3. The molecule has 1 aromatic rings. The summed E-state index contributed by atoms with van der Waals surface area (Å²) >= 11 is 0. The molecule has 0 bridgehead atoms. The maximum Gasteiger partial charge on any atom is 0.472 e. The van der Waals surface area contributed by atoms with E-state index in [9.17, 15) is 4.79 Å². The van der Waals surface area contributed by atoms with Crippen LogP contribution in [0, 0.1) is 16.7 Å². The third kappa shape index (κ3) is 4.23. The number of carbonyl (C=O) groups excluding carboxylic acids is 1. The van der Waals surface area contributed by atoms with Gasteiger partial charge in [-0.15, -0.1) is 0 Å². The first-order valence-electron chi connectivity index (χ1n) is 5.92. The summed E-state index contributed by atoms with van der Waals surface area (Å²) in [5.74, 6) is 0.350. The standard InChI is InChI=1S/C11H16N2O2.H2NO3/c1-3-10-8(6-15-11(10)14)4-9-5-12-7-13(9)2;2-1(3)4/h5,7-8,10H,3-4,6H2,1-2H3;(H2,2,3,4)/q;+1/t8-,10-;/m0./s1. The van der Waals surface area contributed by atoms with Gasteiger partial charge in [-0.3, -0.25) is 4.79 Å². The lowest BCUT2D eigenvalue weighted by Gasteiger charge is -2.12. The quantitative estimate of drug-likeness (QED) is 0.620. The van der Waals surface area contributed by atoms with Crippen LogP contribution in [-0.4, -0.2) is 37.6 Å². The van der Waals surface area contributed by atoms with E-state index in [0.717, 1.165) is 18.5 Å². The Morgan fingerprint density at radius 3 is 2.68 bits per heavy atom. The molecule has 1 saturated heterocycles. The summed E-state index contributed by atoms with van der Waals surface area (Å²) in [7, 11) is 1.97. The Morgan fingerprint density at radius 1 is 1.58 bits per heavy atom. The van der Waals surface area contributed by atoms with E-state index in [4.69, 9.17) is 20.1 Å². The molecule has 0 saturated carbocycles. The van der Waals surface area contributed by atoms with Crippen molar-refractivity contribution in [1.29, 1.82) is 0 Å². The number of aryl methyl sites for hydroxylation is 1. The van der Waals surface area contributed by atoms with Crippen molar-refractivity contribution >= 4 is 5.97 Å². The highest BCUT2D eigenvalue weighted by Crippen LogP contribution is 2.27. The minimum absolute atomic E-state index is 0.0373. The molecule has 0 unspecified atom stereocenters. The maximum atomic E-state index is 11.4. The van der Waals surface area contributed by atoms with Crippen LogP contribution in [-0.2, 0) is 23.0 Å². The maximum absolute atomic E-state index is 11.4. The molecule has 0 aliphatic carbocycles. The van der Waals surface area contributed by atoms with Crippen molar-refractivity contribution in [3.05, 3.63) is 23.1 Å². The molecule has 0 spiro atoms. The molecule has 0 aromatic carbocycles. The monoisotopic (exact) mass is 272 g/mol. The van der Waals surface area contributed by atoms with Crippen molar-refractivity contribution in [2.75, 3.05) is 6.61 Å². The SMILES string of the molecule is CC[C@@H]1C(=O)OC[C@@H]1Cc1cncn1C.O=[N+](O)O. The fourth-order valence-electron chi connectivity index (χ4n) is 2.16. The van der Waals surface area contributed by atoms with Crippen LogP contribution in [0.2, 0.25) is 0 Å². The molecule has 2 atom stereocenters. The molecule has 0 radical (unpaired) electrons. The second-order valence-corrected chi connectivity index (χ2v) is 4.36. The summed E-state index contributed by atoms with van der Waals surface area (Å²) in [6.07, 6.45) is 5.38. The number of aromatic nitrogens is 2. The third-order valence-electron chi connectivity index (χ3n) is 3.14. The Labute approximate surface area is 110 Å². The van der Waals surface area contributed by atoms with Crippen LogP contribution in [0.1, 0.15) is 19.0 Å². The Kier molecular flexibility index (Phi) is 5.28. The fourth-order valence-corrected chi connectivity index (χ4v) is 2.16. The highest BCUT2D eigenvalue weighted by molar-refractivity contribution is 5.74. The minimum atomic E-state index is -1.25. The van der Waals surface area contributed by atoms with E-state index in [1.54, 1.807) is 6.33 Å². The lowest BCUT2D eigenvalue weighted by atomic mass is 9.89. The number of esters is 1. The lowest BCUT2D eigenvalue weighted by Crippen LogP contribution is -2.18. The third-order valence-corrected chi connectivity index (χ3v) is 3.14. The molecule has 19 heavy (non-hydrogen) atoms. The molecule has 1 aliphatic heterocycles. The zero-order valence-electron chi connectivity index (χ0n) is 10.9. The number of ether oxygens (including phenoxy) is 1. The summed E-state index contributed by atoms with van der Waals surface area (Å²) in [5.41, 5.74) is 1.16. The molecular formula is C11H18N3O5+. The van der Waals surface area contributed by atoms with Crippen LogP contribution in [0.25, 0.3) is 0 Å². The molecule has 8 heteroatoms. The van der Waals surface area contributed by atoms with Crippen molar-refractivity contribution < 1.29 is 25.0 Å². The van der Waals surface area contributed by atoms with Gasteiger partial charge in [0, 0.05) is 24.9 Å².